The lowest BCUT2D eigenvalue weighted by molar-refractivity contribution is 0.0950. The summed E-state index contributed by atoms with van der Waals surface area (Å²) >= 11 is 0. The molecule has 0 atom stereocenters. The lowest BCUT2D eigenvalue weighted by Crippen LogP contribution is -2.41. The molecule has 0 spiro atoms. The van der Waals surface area contributed by atoms with E-state index in [4.69, 9.17) is 9.47 Å². The van der Waals surface area contributed by atoms with E-state index in [1.807, 2.05) is 0 Å². The number of rotatable bonds is 6. The van der Waals surface area contributed by atoms with Crippen LogP contribution in [0.1, 0.15) is 24.2 Å². The summed E-state index contributed by atoms with van der Waals surface area (Å²) in [6.07, 6.45) is 1.16. The van der Waals surface area contributed by atoms with Crippen molar-refractivity contribution in [3.05, 3.63) is 23.8 Å². The predicted molar refractivity (Wildman–Crippen MR) is 81.6 cm³/mol. The average Bonchev–Trinajstić information content (AvgIpc) is 2.88. The van der Waals surface area contributed by atoms with Gasteiger partial charge in [-0.25, -0.2) is 8.42 Å². The van der Waals surface area contributed by atoms with Gasteiger partial charge >= 0.3 is 0 Å². The number of fused-ring (bicyclic) bond motifs is 1. The molecule has 1 N–H and O–H groups in total. The van der Waals surface area contributed by atoms with Crippen LogP contribution in [0.2, 0.25) is 0 Å². The average molecular weight is 328 g/mol. The summed E-state index contributed by atoms with van der Waals surface area (Å²) in [5.74, 6) is 0.864. The van der Waals surface area contributed by atoms with Gasteiger partial charge in [0.1, 0.15) is 0 Å². The van der Waals surface area contributed by atoms with E-state index < -0.39 is 10.0 Å². The maximum Gasteiger partial charge on any atom is 0.251 e. The fourth-order valence-corrected chi connectivity index (χ4v) is 3.42. The SMILES string of the molecule is CC(C)N(CCNC(=O)c1ccc2c(c1)OCO2)S(C)(=O)=O. The predicted octanol–water partition coefficient (Wildman–Crippen LogP) is 0.815. The molecule has 1 aliphatic heterocycles. The first-order valence-corrected chi connectivity index (χ1v) is 8.78. The van der Waals surface area contributed by atoms with Gasteiger partial charge in [0, 0.05) is 24.7 Å². The van der Waals surface area contributed by atoms with Crippen LogP contribution in [-0.4, -0.2) is 50.8 Å². The zero-order valence-corrected chi connectivity index (χ0v) is 13.6. The first-order valence-electron chi connectivity index (χ1n) is 6.93. The maximum atomic E-state index is 12.1. The van der Waals surface area contributed by atoms with Crippen molar-refractivity contribution in [1.29, 1.82) is 0 Å². The zero-order valence-electron chi connectivity index (χ0n) is 12.8. The Bertz CT molecular complexity index is 657. The molecule has 2 rings (SSSR count). The molecule has 1 aliphatic rings. The normalized spacial score (nSPS) is 13.7. The van der Waals surface area contributed by atoms with Gasteiger partial charge in [0.2, 0.25) is 16.8 Å². The first-order chi connectivity index (χ1) is 10.3. The standard InChI is InChI=1S/C14H20N2O5S/c1-10(2)16(22(3,18)19)7-6-15-14(17)11-4-5-12-13(8-11)21-9-20-12/h4-5,8,10H,6-7,9H2,1-3H3,(H,15,17). The quantitative estimate of drug-likeness (QED) is 0.835. The summed E-state index contributed by atoms with van der Waals surface area (Å²) in [6.45, 7) is 4.20. The largest absolute Gasteiger partial charge is 0.454 e. The highest BCUT2D eigenvalue weighted by atomic mass is 32.2. The Balaban J connectivity index is 1.93. The summed E-state index contributed by atoms with van der Waals surface area (Å²) < 4.78 is 35.0. The molecular weight excluding hydrogens is 308 g/mol. The molecule has 122 valence electrons. The van der Waals surface area contributed by atoms with Crippen LogP contribution in [0.5, 0.6) is 11.5 Å². The highest BCUT2D eigenvalue weighted by Gasteiger charge is 2.20. The second-order valence-electron chi connectivity index (χ2n) is 5.29. The second kappa shape index (κ2) is 6.53. The van der Waals surface area contributed by atoms with Crippen LogP contribution >= 0.6 is 0 Å². The molecule has 0 unspecified atom stereocenters. The monoisotopic (exact) mass is 328 g/mol. The molecule has 8 heteroatoms. The number of amides is 1. The van der Waals surface area contributed by atoms with Crippen LogP contribution in [0, 0.1) is 0 Å². The molecule has 1 heterocycles. The first kappa shape index (κ1) is 16.6. The molecule has 0 saturated heterocycles. The van der Waals surface area contributed by atoms with Crippen molar-refractivity contribution in [1.82, 2.24) is 9.62 Å². The minimum atomic E-state index is -3.29. The van der Waals surface area contributed by atoms with Crippen LogP contribution in [0.4, 0.5) is 0 Å². The lowest BCUT2D eigenvalue weighted by atomic mass is 10.2. The number of carbonyl (C=O) groups is 1. The zero-order chi connectivity index (χ0) is 16.3. The highest BCUT2D eigenvalue weighted by Crippen LogP contribution is 2.32. The van der Waals surface area contributed by atoms with Crippen LogP contribution in [0.3, 0.4) is 0 Å². The van der Waals surface area contributed by atoms with Gasteiger partial charge in [0.05, 0.1) is 6.26 Å². The molecule has 0 aromatic heterocycles. The van der Waals surface area contributed by atoms with Crippen LogP contribution in [0.25, 0.3) is 0 Å². The van der Waals surface area contributed by atoms with Crippen molar-refractivity contribution in [3.8, 4) is 11.5 Å². The number of sulfonamides is 1. The Morgan fingerprint density at radius 2 is 2.00 bits per heavy atom. The minimum Gasteiger partial charge on any atom is -0.454 e. The van der Waals surface area contributed by atoms with Crippen molar-refractivity contribution in [3.63, 3.8) is 0 Å². The van der Waals surface area contributed by atoms with Crippen LogP contribution in [-0.2, 0) is 10.0 Å². The van der Waals surface area contributed by atoms with Gasteiger partial charge in [0.15, 0.2) is 11.5 Å². The molecule has 22 heavy (non-hydrogen) atoms. The summed E-state index contributed by atoms with van der Waals surface area (Å²) in [5.41, 5.74) is 0.444. The van der Waals surface area contributed by atoms with E-state index >= 15 is 0 Å². The van der Waals surface area contributed by atoms with E-state index in [9.17, 15) is 13.2 Å². The van der Waals surface area contributed by atoms with Gasteiger partial charge in [-0.1, -0.05) is 0 Å². The molecule has 0 saturated carbocycles. The van der Waals surface area contributed by atoms with E-state index in [2.05, 4.69) is 5.32 Å². The Labute approximate surface area is 130 Å². The van der Waals surface area contributed by atoms with Crippen molar-refractivity contribution >= 4 is 15.9 Å². The lowest BCUT2D eigenvalue weighted by Gasteiger charge is -2.23. The summed E-state index contributed by atoms with van der Waals surface area (Å²) in [6, 6.07) is 4.76. The van der Waals surface area contributed by atoms with E-state index in [1.165, 1.54) is 4.31 Å². The summed E-state index contributed by atoms with van der Waals surface area (Å²) in [5, 5.41) is 2.71. The Kier molecular flexibility index (Phi) is 4.92. The number of nitrogens with zero attached hydrogens (tertiary/aromatic N) is 1. The Hall–Kier alpha value is -1.80. The number of hydrogen-bond donors (Lipinski definition) is 1. The Morgan fingerprint density at radius 1 is 1.32 bits per heavy atom. The maximum absolute atomic E-state index is 12.1. The van der Waals surface area contributed by atoms with Gasteiger partial charge in [0.25, 0.3) is 5.91 Å². The van der Waals surface area contributed by atoms with Crippen LogP contribution in [0.15, 0.2) is 18.2 Å². The summed E-state index contributed by atoms with van der Waals surface area (Å²) in [4.78, 5) is 12.1. The molecule has 0 aliphatic carbocycles. The third-order valence-electron chi connectivity index (χ3n) is 3.25. The number of carbonyl (C=O) groups excluding carboxylic acids is 1. The molecule has 1 aromatic carbocycles. The minimum absolute atomic E-state index is 0.151. The van der Waals surface area contributed by atoms with E-state index in [0.29, 0.717) is 17.1 Å². The van der Waals surface area contributed by atoms with Crippen molar-refractivity contribution in [2.45, 2.75) is 19.9 Å². The molecule has 7 nitrogen and oxygen atoms in total. The van der Waals surface area contributed by atoms with E-state index in [-0.39, 0.29) is 31.8 Å². The molecule has 1 aromatic rings. The third-order valence-corrected chi connectivity index (χ3v) is 4.71. The topological polar surface area (TPSA) is 84.9 Å². The number of ether oxygens (including phenoxy) is 2. The van der Waals surface area contributed by atoms with Gasteiger partial charge in [-0.15, -0.1) is 0 Å². The highest BCUT2D eigenvalue weighted by molar-refractivity contribution is 7.88. The smallest absolute Gasteiger partial charge is 0.251 e. The molecule has 0 bridgehead atoms. The van der Waals surface area contributed by atoms with Gasteiger partial charge in [-0.2, -0.15) is 4.31 Å². The van der Waals surface area contributed by atoms with E-state index in [0.717, 1.165) is 6.26 Å². The van der Waals surface area contributed by atoms with Crippen molar-refractivity contribution in [2.75, 3.05) is 26.1 Å². The van der Waals surface area contributed by atoms with Gasteiger partial charge in [-0.3, -0.25) is 4.79 Å². The number of hydrogen-bond acceptors (Lipinski definition) is 5. The molecular formula is C14H20N2O5S. The third kappa shape index (κ3) is 3.89. The molecule has 0 fully saturated rings. The van der Waals surface area contributed by atoms with Gasteiger partial charge < -0.3 is 14.8 Å². The Morgan fingerprint density at radius 3 is 2.64 bits per heavy atom. The fourth-order valence-electron chi connectivity index (χ4n) is 2.23. The number of benzene rings is 1. The summed E-state index contributed by atoms with van der Waals surface area (Å²) in [7, 11) is -3.29. The number of nitrogens with one attached hydrogen (secondary N) is 1. The van der Waals surface area contributed by atoms with Crippen molar-refractivity contribution < 1.29 is 22.7 Å². The van der Waals surface area contributed by atoms with Crippen molar-refractivity contribution in [2.24, 2.45) is 0 Å². The van der Waals surface area contributed by atoms with Crippen LogP contribution < -0.4 is 14.8 Å². The molecule has 1 amide bonds. The van der Waals surface area contributed by atoms with E-state index in [1.54, 1.807) is 32.0 Å². The van der Waals surface area contributed by atoms with Gasteiger partial charge in [-0.05, 0) is 32.0 Å². The second-order valence-corrected chi connectivity index (χ2v) is 7.23. The fraction of sp³-hybridized carbons (Fsp3) is 0.500. The molecule has 0 radical (unpaired) electrons.